The van der Waals surface area contributed by atoms with Crippen LogP contribution in [-0.2, 0) is 14.9 Å². The third-order valence-corrected chi connectivity index (χ3v) is 3.83. The van der Waals surface area contributed by atoms with E-state index in [0.29, 0.717) is 19.6 Å². The van der Waals surface area contributed by atoms with Gasteiger partial charge in [0.1, 0.15) is 18.0 Å². The van der Waals surface area contributed by atoms with Gasteiger partial charge in [0.25, 0.3) is 0 Å². The number of methoxy groups -OCH3 is 1. The van der Waals surface area contributed by atoms with Gasteiger partial charge in [0.2, 0.25) is 0 Å². The van der Waals surface area contributed by atoms with Crippen molar-refractivity contribution in [2.45, 2.75) is 50.9 Å². The van der Waals surface area contributed by atoms with Crippen molar-refractivity contribution < 1.29 is 19.3 Å². The van der Waals surface area contributed by atoms with Crippen molar-refractivity contribution in [1.29, 1.82) is 0 Å². The highest BCUT2D eigenvalue weighted by Crippen LogP contribution is 2.30. The SMILES string of the molecule is COCCOC1C(O)CC1Oc1ccc(C(C)(C)C)cc1. The Morgan fingerprint density at radius 1 is 1.14 bits per heavy atom. The van der Waals surface area contributed by atoms with Crippen LogP contribution < -0.4 is 4.74 Å². The van der Waals surface area contributed by atoms with Crippen LogP contribution in [0.15, 0.2) is 24.3 Å². The summed E-state index contributed by atoms with van der Waals surface area (Å²) in [7, 11) is 1.63. The summed E-state index contributed by atoms with van der Waals surface area (Å²) in [4.78, 5) is 0. The van der Waals surface area contributed by atoms with Gasteiger partial charge in [-0.15, -0.1) is 0 Å². The van der Waals surface area contributed by atoms with Gasteiger partial charge in [-0.3, -0.25) is 0 Å². The molecule has 0 radical (unpaired) electrons. The summed E-state index contributed by atoms with van der Waals surface area (Å²) >= 11 is 0. The third-order valence-electron chi connectivity index (χ3n) is 3.83. The monoisotopic (exact) mass is 294 g/mol. The van der Waals surface area contributed by atoms with Crippen LogP contribution in [0.2, 0.25) is 0 Å². The zero-order chi connectivity index (χ0) is 15.5. The van der Waals surface area contributed by atoms with Crippen LogP contribution in [0.3, 0.4) is 0 Å². The maximum atomic E-state index is 9.76. The van der Waals surface area contributed by atoms with Gasteiger partial charge in [-0.1, -0.05) is 32.9 Å². The van der Waals surface area contributed by atoms with Gasteiger partial charge in [0, 0.05) is 13.5 Å². The Labute approximate surface area is 127 Å². The molecule has 21 heavy (non-hydrogen) atoms. The number of aliphatic hydroxyl groups excluding tert-OH is 1. The minimum absolute atomic E-state index is 0.0858. The fourth-order valence-corrected chi connectivity index (χ4v) is 2.37. The van der Waals surface area contributed by atoms with E-state index < -0.39 is 6.10 Å². The van der Waals surface area contributed by atoms with E-state index in [-0.39, 0.29) is 17.6 Å². The van der Waals surface area contributed by atoms with Crippen LogP contribution in [0.4, 0.5) is 0 Å². The van der Waals surface area contributed by atoms with E-state index in [1.54, 1.807) is 7.11 Å². The van der Waals surface area contributed by atoms with Gasteiger partial charge < -0.3 is 19.3 Å². The Bertz CT molecular complexity index is 435. The summed E-state index contributed by atoms with van der Waals surface area (Å²) in [5, 5.41) is 9.76. The predicted octanol–water partition coefficient (Wildman–Crippen LogP) is 2.53. The summed E-state index contributed by atoms with van der Waals surface area (Å²) in [5.41, 5.74) is 1.41. The number of aliphatic hydroxyl groups is 1. The van der Waals surface area contributed by atoms with Gasteiger partial charge in [-0.05, 0) is 23.1 Å². The minimum Gasteiger partial charge on any atom is -0.488 e. The Kier molecular flexibility index (Phi) is 5.25. The molecular formula is C17H26O4. The molecule has 0 heterocycles. The lowest BCUT2D eigenvalue weighted by atomic mass is 9.87. The van der Waals surface area contributed by atoms with E-state index in [4.69, 9.17) is 14.2 Å². The molecular weight excluding hydrogens is 268 g/mol. The van der Waals surface area contributed by atoms with Gasteiger partial charge >= 0.3 is 0 Å². The molecule has 0 spiro atoms. The first-order chi connectivity index (χ1) is 9.91. The lowest BCUT2D eigenvalue weighted by molar-refractivity contribution is -0.167. The normalized spacial score (nSPS) is 25.5. The first kappa shape index (κ1) is 16.3. The zero-order valence-corrected chi connectivity index (χ0v) is 13.3. The predicted molar refractivity (Wildman–Crippen MR) is 81.8 cm³/mol. The third kappa shape index (κ3) is 4.19. The van der Waals surface area contributed by atoms with Gasteiger partial charge in [-0.2, -0.15) is 0 Å². The molecule has 1 N–H and O–H groups in total. The molecule has 1 aliphatic carbocycles. The second-order valence-corrected chi connectivity index (χ2v) is 6.56. The second-order valence-electron chi connectivity index (χ2n) is 6.56. The maximum absolute atomic E-state index is 9.76. The molecule has 2 rings (SSSR count). The smallest absolute Gasteiger partial charge is 0.130 e. The molecule has 1 saturated carbocycles. The van der Waals surface area contributed by atoms with E-state index in [0.717, 1.165) is 5.75 Å². The number of ether oxygens (including phenoxy) is 3. The highest BCUT2D eigenvalue weighted by Gasteiger charge is 2.42. The summed E-state index contributed by atoms with van der Waals surface area (Å²) in [6.07, 6.45) is -0.181. The molecule has 1 fully saturated rings. The number of hydrogen-bond acceptors (Lipinski definition) is 4. The van der Waals surface area contributed by atoms with E-state index in [1.165, 1.54) is 5.56 Å². The molecule has 118 valence electrons. The fourth-order valence-electron chi connectivity index (χ4n) is 2.37. The van der Waals surface area contributed by atoms with Crippen LogP contribution in [0.1, 0.15) is 32.8 Å². The Morgan fingerprint density at radius 2 is 1.81 bits per heavy atom. The highest BCUT2D eigenvalue weighted by molar-refractivity contribution is 5.31. The van der Waals surface area contributed by atoms with Crippen molar-refractivity contribution in [3.8, 4) is 5.75 Å². The first-order valence-electron chi connectivity index (χ1n) is 7.47. The van der Waals surface area contributed by atoms with Crippen molar-refractivity contribution in [2.24, 2.45) is 0 Å². The molecule has 1 aromatic rings. The van der Waals surface area contributed by atoms with Gasteiger partial charge in [-0.25, -0.2) is 0 Å². The molecule has 4 nitrogen and oxygen atoms in total. The Balaban J connectivity index is 1.89. The Hall–Kier alpha value is -1.10. The lowest BCUT2D eigenvalue weighted by Crippen LogP contribution is -2.55. The van der Waals surface area contributed by atoms with Crippen LogP contribution in [0.5, 0.6) is 5.75 Å². The number of benzene rings is 1. The molecule has 0 saturated heterocycles. The molecule has 1 aromatic carbocycles. The van der Waals surface area contributed by atoms with E-state index in [1.807, 2.05) is 12.1 Å². The molecule has 0 amide bonds. The lowest BCUT2D eigenvalue weighted by Gasteiger charge is -2.40. The number of hydrogen-bond donors (Lipinski definition) is 1. The molecule has 0 bridgehead atoms. The zero-order valence-electron chi connectivity index (χ0n) is 13.3. The van der Waals surface area contributed by atoms with E-state index >= 15 is 0 Å². The van der Waals surface area contributed by atoms with Crippen molar-refractivity contribution in [1.82, 2.24) is 0 Å². The standard InChI is InChI=1S/C17H26O4/c1-17(2,3)12-5-7-13(8-6-12)21-15-11-14(18)16(15)20-10-9-19-4/h5-8,14-16,18H,9-11H2,1-4H3. The largest absolute Gasteiger partial charge is 0.488 e. The fraction of sp³-hybridized carbons (Fsp3) is 0.647. The topological polar surface area (TPSA) is 47.9 Å². The highest BCUT2D eigenvalue weighted by atomic mass is 16.6. The molecule has 3 atom stereocenters. The maximum Gasteiger partial charge on any atom is 0.130 e. The summed E-state index contributed by atoms with van der Waals surface area (Å²) in [5.74, 6) is 0.820. The molecule has 1 aliphatic rings. The minimum atomic E-state index is -0.444. The number of rotatable bonds is 6. The summed E-state index contributed by atoms with van der Waals surface area (Å²) in [6, 6.07) is 8.14. The summed E-state index contributed by atoms with van der Waals surface area (Å²) in [6.45, 7) is 7.55. The molecule has 4 heteroatoms. The second kappa shape index (κ2) is 6.77. The first-order valence-corrected chi connectivity index (χ1v) is 7.47. The van der Waals surface area contributed by atoms with Crippen molar-refractivity contribution in [2.75, 3.05) is 20.3 Å². The average Bonchev–Trinajstić information content (AvgIpc) is 2.42. The van der Waals surface area contributed by atoms with Crippen molar-refractivity contribution in [3.63, 3.8) is 0 Å². The van der Waals surface area contributed by atoms with Gasteiger partial charge in [0.15, 0.2) is 0 Å². The quantitative estimate of drug-likeness (QED) is 0.819. The van der Waals surface area contributed by atoms with Crippen LogP contribution in [0, 0.1) is 0 Å². The summed E-state index contributed by atoms with van der Waals surface area (Å²) < 4.78 is 16.4. The molecule has 0 aromatic heterocycles. The van der Waals surface area contributed by atoms with Gasteiger partial charge in [0.05, 0.1) is 19.3 Å². The molecule has 3 unspecified atom stereocenters. The van der Waals surface area contributed by atoms with E-state index in [2.05, 4.69) is 32.9 Å². The average molecular weight is 294 g/mol. The van der Waals surface area contributed by atoms with Crippen LogP contribution in [0.25, 0.3) is 0 Å². The van der Waals surface area contributed by atoms with Crippen molar-refractivity contribution >= 4 is 0 Å². The van der Waals surface area contributed by atoms with E-state index in [9.17, 15) is 5.11 Å². The molecule has 0 aliphatic heterocycles. The van der Waals surface area contributed by atoms with Crippen LogP contribution in [-0.4, -0.2) is 43.7 Å². The van der Waals surface area contributed by atoms with Crippen molar-refractivity contribution in [3.05, 3.63) is 29.8 Å². The van der Waals surface area contributed by atoms with Crippen LogP contribution >= 0.6 is 0 Å². The Morgan fingerprint density at radius 3 is 2.33 bits per heavy atom.